The summed E-state index contributed by atoms with van der Waals surface area (Å²) < 4.78 is 1.52. The molecule has 0 radical (unpaired) electrons. The quantitative estimate of drug-likeness (QED) is 0.543. The number of hydrogen-bond acceptors (Lipinski definition) is 4. The second-order valence-corrected chi connectivity index (χ2v) is 11.4. The largest absolute Gasteiger partial charge is 0.370 e. The molecule has 0 amide bonds. The van der Waals surface area contributed by atoms with Crippen LogP contribution in [0.15, 0.2) is 34.3 Å². The lowest BCUT2D eigenvalue weighted by atomic mass is 9.45. The van der Waals surface area contributed by atoms with Crippen LogP contribution in [0, 0.1) is 23.2 Å². The zero-order valence-corrected chi connectivity index (χ0v) is 20.8. The smallest absolute Gasteiger partial charge is 0.260 e. The molecular weight excluding hydrogens is 412 g/mol. The van der Waals surface area contributed by atoms with E-state index in [1.807, 2.05) is 12.1 Å². The molecule has 6 atom stereocenters. The number of nitrogens with two attached hydrogens (primary N) is 1. The van der Waals surface area contributed by atoms with E-state index in [1.165, 1.54) is 11.0 Å². The Bertz CT molecular complexity index is 1170. The molecule has 4 fully saturated rings. The Morgan fingerprint density at radius 3 is 2.70 bits per heavy atom. The van der Waals surface area contributed by atoms with Crippen LogP contribution in [0.3, 0.4) is 0 Å². The zero-order chi connectivity index (χ0) is 23.7. The molecule has 1 aromatic heterocycles. The van der Waals surface area contributed by atoms with Gasteiger partial charge in [0.25, 0.3) is 5.56 Å². The molecule has 33 heavy (non-hydrogen) atoms. The first-order valence-electron chi connectivity index (χ1n) is 12.3. The van der Waals surface area contributed by atoms with Crippen LogP contribution < -0.4 is 16.6 Å². The summed E-state index contributed by atoms with van der Waals surface area (Å²) in [5.74, 6) is 2.68. The summed E-state index contributed by atoms with van der Waals surface area (Å²) in [7, 11) is 1.73. The molecule has 0 spiro atoms. The molecule has 1 aromatic carbocycles. The number of nitrogens with one attached hydrogen (secondary N) is 1. The van der Waals surface area contributed by atoms with Crippen molar-refractivity contribution in [3.8, 4) is 0 Å². The van der Waals surface area contributed by atoms with Crippen molar-refractivity contribution in [1.82, 2.24) is 19.8 Å². The number of nitrogens with zero attached hydrogens (tertiary/aromatic N) is 4. The number of aryl methyl sites for hydroxylation is 1. The number of aliphatic imine (C=N–C) groups is 1. The number of hydrogen-bond donors (Lipinski definition) is 2. The minimum Gasteiger partial charge on any atom is -0.370 e. The fraction of sp³-hybridized carbons (Fsp3) is 0.654. The predicted molar refractivity (Wildman–Crippen MR) is 133 cm³/mol. The first-order valence-corrected chi connectivity index (χ1v) is 12.3. The van der Waals surface area contributed by atoms with E-state index in [9.17, 15) is 4.79 Å². The van der Waals surface area contributed by atoms with Gasteiger partial charge in [-0.15, -0.1) is 0 Å². The predicted octanol–water partition coefficient (Wildman–Crippen LogP) is 2.83. The van der Waals surface area contributed by atoms with Crippen LogP contribution in [0.25, 0.3) is 10.9 Å². The van der Waals surface area contributed by atoms with E-state index >= 15 is 0 Å². The zero-order valence-electron chi connectivity index (χ0n) is 20.8. The second kappa shape index (κ2) is 7.55. The molecule has 2 heterocycles. The molecule has 2 aromatic rings. The molecule has 3 unspecified atom stereocenters. The highest BCUT2D eigenvalue weighted by Crippen LogP contribution is 2.61. The van der Waals surface area contributed by atoms with Crippen LogP contribution in [0.5, 0.6) is 0 Å². The standard InChI is InChI=1S/C26H38N6O/c1-15-20-11-18(25(20,3)4)13-21(15)30-24(27)32-10-9-28-16(2)26(32,5)17-7-8-19-22(12-17)29-14-31(6)23(19)33/h7-8,12,14-16,18,20-21,28H,9-11,13H2,1-6H3,(H2,27,30)/t15-,16?,18+,20-,21?,26?/m0/s1. The van der Waals surface area contributed by atoms with Gasteiger partial charge in [0.15, 0.2) is 5.96 Å². The van der Waals surface area contributed by atoms with Crippen molar-refractivity contribution in [2.24, 2.45) is 40.9 Å². The number of guanidine groups is 1. The van der Waals surface area contributed by atoms with Crippen LogP contribution in [0.4, 0.5) is 0 Å². The van der Waals surface area contributed by atoms with Crippen LogP contribution in [0.1, 0.15) is 53.0 Å². The molecule has 6 rings (SSSR count). The van der Waals surface area contributed by atoms with Crippen LogP contribution >= 0.6 is 0 Å². The van der Waals surface area contributed by atoms with E-state index in [-0.39, 0.29) is 17.6 Å². The van der Waals surface area contributed by atoms with Gasteiger partial charge in [0, 0.05) is 26.2 Å². The first kappa shape index (κ1) is 22.4. The highest BCUT2D eigenvalue weighted by Gasteiger charge is 2.56. The lowest BCUT2D eigenvalue weighted by molar-refractivity contribution is -0.108. The van der Waals surface area contributed by atoms with Gasteiger partial charge in [0.05, 0.1) is 28.8 Å². The third kappa shape index (κ3) is 3.22. The maximum absolute atomic E-state index is 12.5. The molecule has 178 valence electrons. The number of benzene rings is 1. The summed E-state index contributed by atoms with van der Waals surface area (Å²) in [4.78, 5) is 24.5. The van der Waals surface area contributed by atoms with Gasteiger partial charge in [0.1, 0.15) is 0 Å². The van der Waals surface area contributed by atoms with Gasteiger partial charge < -0.3 is 20.5 Å². The highest BCUT2D eigenvalue weighted by molar-refractivity contribution is 5.81. The monoisotopic (exact) mass is 450 g/mol. The molecule has 3 aliphatic carbocycles. The Kier molecular flexibility index (Phi) is 5.12. The van der Waals surface area contributed by atoms with Crippen LogP contribution in [-0.2, 0) is 12.6 Å². The topological polar surface area (TPSA) is 88.5 Å². The fourth-order valence-corrected chi connectivity index (χ4v) is 6.87. The van der Waals surface area contributed by atoms with Crippen molar-refractivity contribution < 1.29 is 0 Å². The average Bonchev–Trinajstić information content (AvgIpc) is 2.78. The first-order chi connectivity index (χ1) is 15.5. The van der Waals surface area contributed by atoms with E-state index < -0.39 is 5.54 Å². The van der Waals surface area contributed by atoms with E-state index in [1.54, 1.807) is 13.4 Å². The minimum absolute atomic E-state index is 0.0303. The van der Waals surface area contributed by atoms with Crippen LogP contribution in [-0.4, -0.2) is 45.6 Å². The van der Waals surface area contributed by atoms with Crippen molar-refractivity contribution in [2.45, 2.75) is 65.1 Å². The Labute approximate surface area is 196 Å². The summed E-state index contributed by atoms with van der Waals surface area (Å²) in [6, 6.07) is 6.44. The minimum atomic E-state index is -0.400. The van der Waals surface area contributed by atoms with Gasteiger partial charge in [-0.05, 0) is 67.6 Å². The third-order valence-electron chi connectivity index (χ3n) is 9.58. The maximum Gasteiger partial charge on any atom is 0.260 e. The van der Waals surface area contributed by atoms with Gasteiger partial charge in [-0.1, -0.05) is 26.8 Å². The summed E-state index contributed by atoms with van der Waals surface area (Å²) in [5.41, 5.74) is 8.60. The van der Waals surface area contributed by atoms with Gasteiger partial charge in [0.2, 0.25) is 0 Å². The lowest BCUT2D eigenvalue weighted by Gasteiger charge is -2.61. The normalized spacial score (nSPS) is 36.0. The Balaban J connectivity index is 1.50. The SMILES string of the molecule is CC1NCCN(C(N)=NC2C[C@H]3C[C@@H]([C@@H]2C)C3(C)C)C1(C)c1ccc2c(=O)n(C)cnc2c1. The number of aromatic nitrogens is 2. The molecular formula is C26H38N6O. The van der Waals surface area contributed by atoms with E-state index in [0.717, 1.165) is 36.9 Å². The molecule has 3 N–H and O–H groups in total. The second-order valence-electron chi connectivity index (χ2n) is 11.4. The average molecular weight is 451 g/mol. The Morgan fingerprint density at radius 2 is 2.00 bits per heavy atom. The van der Waals surface area contributed by atoms with Crippen molar-refractivity contribution in [1.29, 1.82) is 0 Å². The molecule has 7 heteroatoms. The Hall–Kier alpha value is -2.41. The summed E-state index contributed by atoms with van der Waals surface area (Å²) >= 11 is 0. The molecule has 1 saturated heterocycles. The lowest BCUT2D eigenvalue weighted by Crippen LogP contribution is -2.66. The number of fused-ring (bicyclic) bond motifs is 3. The van der Waals surface area contributed by atoms with Gasteiger partial charge in [-0.3, -0.25) is 4.79 Å². The summed E-state index contributed by atoms with van der Waals surface area (Å²) in [6.07, 6.45) is 4.06. The van der Waals surface area contributed by atoms with Crippen molar-refractivity contribution >= 4 is 16.9 Å². The van der Waals surface area contributed by atoms with E-state index in [0.29, 0.717) is 28.2 Å². The summed E-state index contributed by atoms with van der Waals surface area (Å²) in [6.45, 7) is 13.3. The molecule has 7 nitrogen and oxygen atoms in total. The fourth-order valence-electron chi connectivity index (χ4n) is 6.87. The highest BCUT2D eigenvalue weighted by atomic mass is 16.1. The van der Waals surface area contributed by atoms with Crippen molar-refractivity contribution in [3.63, 3.8) is 0 Å². The van der Waals surface area contributed by atoms with E-state index in [4.69, 9.17) is 10.7 Å². The van der Waals surface area contributed by atoms with Crippen LogP contribution in [0.2, 0.25) is 0 Å². The third-order valence-corrected chi connectivity index (χ3v) is 9.58. The molecule has 2 bridgehead atoms. The van der Waals surface area contributed by atoms with Gasteiger partial charge in [-0.25, -0.2) is 9.98 Å². The number of rotatable bonds is 2. The van der Waals surface area contributed by atoms with Gasteiger partial charge >= 0.3 is 0 Å². The molecule has 1 aliphatic heterocycles. The summed E-state index contributed by atoms with van der Waals surface area (Å²) in [5, 5.41) is 4.26. The molecule has 3 saturated carbocycles. The van der Waals surface area contributed by atoms with E-state index in [2.05, 4.69) is 55.9 Å². The maximum atomic E-state index is 12.5. The molecule has 4 aliphatic rings. The Morgan fingerprint density at radius 1 is 1.24 bits per heavy atom. The number of piperazine rings is 1. The van der Waals surface area contributed by atoms with Crippen molar-refractivity contribution in [2.75, 3.05) is 13.1 Å². The van der Waals surface area contributed by atoms with Crippen molar-refractivity contribution in [3.05, 3.63) is 40.4 Å². The van der Waals surface area contributed by atoms with Gasteiger partial charge in [-0.2, -0.15) is 0 Å².